The van der Waals surface area contributed by atoms with Crippen LogP contribution in [0.3, 0.4) is 0 Å². The Labute approximate surface area is 225 Å². The quantitative estimate of drug-likeness (QED) is 0.372. The summed E-state index contributed by atoms with van der Waals surface area (Å²) >= 11 is 0. The summed E-state index contributed by atoms with van der Waals surface area (Å²) in [5.41, 5.74) is 5.80. The first-order valence-corrected chi connectivity index (χ1v) is 16.3. The number of piperidine rings is 2. The summed E-state index contributed by atoms with van der Waals surface area (Å²) < 4.78 is 0. The molecule has 2 aliphatic rings. The van der Waals surface area contributed by atoms with E-state index in [4.69, 9.17) is 0 Å². The minimum Gasteiger partial charge on any atom is -0.313 e. The minimum atomic E-state index is -0.231. The largest absolute Gasteiger partial charge is 0.313 e. The lowest BCUT2D eigenvalue weighted by molar-refractivity contribution is 0.238. The molecule has 2 N–H and O–H groups in total. The van der Waals surface area contributed by atoms with Crippen LogP contribution in [0.25, 0.3) is 11.1 Å². The van der Waals surface area contributed by atoms with Gasteiger partial charge >= 0.3 is 0 Å². The SMILES string of the molecule is CC(C)(C)P(Cc1ccc(-c2ccccc2)cc1C(P)(C1CCCCN1)C1CCCCN1)C(C)(C)C. The number of benzene rings is 2. The van der Waals surface area contributed by atoms with E-state index < -0.39 is 0 Å². The second-order valence-electron chi connectivity index (χ2n) is 13.1. The molecule has 4 rings (SSSR count). The van der Waals surface area contributed by atoms with Crippen molar-refractivity contribution >= 4 is 17.2 Å². The zero-order chi connectivity index (χ0) is 26.0. The first kappa shape index (κ1) is 28.2. The van der Waals surface area contributed by atoms with Gasteiger partial charge in [-0.1, -0.05) is 105 Å². The van der Waals surface area contributed by atoms with Gasteiger partial charge in [0.2, 0.25) is 0 Å². The second kappa shape index (κ2) is 11.5. The lowest BCUT2D eigenvalue weighted by Crippen LogP contribution is -2.58. The molecule has 3 atom stereocenters. The van der Waals surface area contributed by atoms with E-state index >= 15 is 0 Å². The van der Waals surface area contributed by atoms with Gasteiger partial charge in [-0.15, -0.1) is 9.24 Å². The molecule has 36 heavy (non-hydrogen) atoms. The van der Waals surface area contributed by atoms with Gasteiger partial charge in [-0.25, -0.2) is 0 Å². The lowest BCUT2D eigenvalue weighted by atomic mass is 9.75. The maximum absolute atomic E-state index is 4.00. The summed E-state index contributed by atoms with van der Waals surface area (Å²) in [5.74, 6) is 0. The summed E-state index contributed by atoms with van der Waals surface area (Å²) in [7, 11) is 3.23. The van der Waals surface area contributed by atoms with Crippen LogP contribution >= 0.6 is 17.2 Å². The van der Waals surface area contributed by atoms with Crippen LogP contribution in [0.1, 0.15) is 91.2 Å². The van der Waals surface area contributed by atoms with Crippen molar-refractivity contribution in [2.24, 2.45) is 0 Å². The lowest BCUT2D eigenvalue weighted by Gasteiger charge is -2.49. The fraction of sp³-hybridized carbons (Fsp3) is 0.625. The van der Waals surface area contributed by atoms with Gasteiger partial charge in [0.25, 0.3) is 0 Å². The number of nitrogens with one attached hydrogen (secondary N) is 2. The molecule has 0 bridgehead atoms. The average Bonchev–Trinajstić information content (AvgIpc) is 2.87. The van der Waals surface area contributed by atoms with Crippen molar-refractivity contribution in [1.29, 1.82) is 0 Å². The summed E-state index contributed by atoms with van der Waals surface area (Å²) in [5, 5.41) is 8.59. The summed E-state index contributed by atoms with van der Waals surface area (Å²) in [4.78, 5) is 0. The first-order valence-electron chi connectivity index (χ1n) is 14.2. The molecule has 2 aromatic rings. The van der Waals surface area contributed by atoms with Crippen LogP contribution in [0.5, 0.6) is 0 Å². The molecular weight excluding hydrogens is 474 g/mol. The van der Waals surface area contributed by atoms with Gasteiger partial charge in [-0.3, -0.25) is 0 Å². The van der Waals surface area contributed by atoms with Crippen LogP contribution in [-0.4, -0.2) is 35.5 Å². The van der Waals surface area contributed by atoms with Crippen molar-refractivity contribution in [3.8, 4) is 11.1 Å². The third-order valence-corrected chi connectivity index (χ3v) is 13.4. The second-order valence-corrected chi connectivity index (χ2v) is 17.9. The van der Waals surface area contributed by atoms with Gasteiger partial charge in [-0.2, -0.15) is 0 Å². The van der Waals surface area contributed by atoms with E-state index in [2.05, 4.69) is 110 Å². The molecular formula is C32H50N2P2. The molecule has 0 aliphatic carbocycles. The van der Waals surface area contributed by atoms with Crippen molar-refractivity contribution < 1.29 is 0 Å². The molecule has 0 radical (unpaired) electrons. The van der Waals surface area contributed by atoms with Crippen LogP contribution in [0, 0.1) is 0 Å². The Morgan fingerprint density at radius 1 is 0.750 bits per heavy atom. The highest BCUT2D eigenvalue weighted by Crippen LogP contribution is 2.62. The normalized spacial score (nSPS) is 23.4. The van der Waals surface area contributed by atoms with Crippen LogP contribution in [-0.2, 0) is 11.3 Å². The van der Waals surface area contributed by atoms with E-state index in [0.717, 1.165) is 13.1 Å². The van der Waals surface area contributed by atoms with Crippen molar-refractivity contribution in [1.82, 2.24) is 10.6 Å². The van der Waals surface area contributed by atoms with E-state index in [9.17, 15) is 0 Å². The Balaban J connectivity index is 1.88. The monoisotopic (exact) mass is 524 g/mol. The average molecular weight is 525 g/mol. The highest BCUT2D eigenvalue weighted by molar-refractivity contribution is 7.60. The summed E-state index contributed by atoms with van der Waals surface area (Å²) in [6.45, 7) is 17.0. The zero-order valence-corrected chi connectivity index (χ0v) is 25.7. The number of hydrogen-bond donors (Lipinski definition) is 2. The molecule has 0 saturated carbocycles. The minimum absolute atomic E-state index is 0.0161. The molecule has 0 spiro atoms. The molecule has 4 heteroatoms. The Kier molecular flexibility index (Phi) is 9.05. The Morgan fingerprint density at radius 2 is 1.31 bits per heavy atom. The van der Waals surface area contributed by atoms with Crippen LogP contribution in [0.4, 0.5) is 0 Å². The molecule has 0 aromatic heterocycles. The summed E-state index contributed by atoms with van der Waals surface area (Å²) in [6, 6.07) is 19.4. The van der Waals surface area contributed by atoms with Gasteiger partial charge in [0, 0.05) is 17.2 Å². The van der Waals surface area contributed by atoms with Crippen molar-refractivity contribution in [2.75, 3.05) is 13.1 Å². The highest BCUT2D eigenvalue weighted by Gasteiger charge is 2.46. The van der Waals surface area contributed by atoms with E-state index in [1.165, 1.54) is 55.8 Å². The van der Waals surface area contributed by atoms with Crippen molar-refractivity contribution in [3.05, 3.63) is 59.7 Å². The zero-order valence-electron chi connectivity index (χ0n) is 23.7. The van der Waals surface area contributed by atoms with Gasteiger partial charge in [-0.05, 0) is 83.6 Å². The molecule has 2 saturated heterocycles. The van der Waals surface area contributed by atoms with Crippen molar-refractivity contribution in [2.45, 2.75) is 114 Å². The molecule has 3 unspecified atom stereocenters. The van der Waals surface area contributed by atoms with Gasteiger partial charge in [0.15, 0.2) is 0 Å². The Morgan fingerprint density at radius 3 is 1.78 bits per heavy atom. The third kappa shape index (κ3) is 6.26. The fourth-order valence-electron chi connectivity index (χ4n) is 6.72. The van der Waals surface area contributed by atoms with Gasteiger partial charge in [0.05, 0.1) is 0 Å². The first-order chi connectivity index (χ1) is 17.0. The van der Waals surface area contributed by atoms with Crippen LogP contribution in [0.15, 0.2) is 48.5 Å². The maximum Gasteiger partial charge on any atom is 0.0405 e. The van der Waals surface area contributed by atoms with E-state index in [0.29, 0.717) is 22.4 Å². The standard InChI is InChI=1S/C32H50N2P2/c1-30(2,3)36(31(4,5)6)23-26-19-18-25(24-14-8-7-9-15-24)22-27(26)32(35,28-16-10-12-20-33-28)29-17-11-13-21-34-29/h7-9,14-15,18-19,22,28-29,33-34H,10-13,16-17,20-21,23,35H2,1-6H3. The van der Waals surface area contributed by atoms with E-state index in [1.54, 1.807) is 11.1 Å². The molecule has 2 nitrogen and oxygen atoms in total. The van der Waals surface area contributed by atoms with E-state index in [1.807, 2.05) is 0 Å². The fourth-order valence-corrected chi connectivity index (χ4v) is 11.1. The van der Waals surface area contributed by atoms with Crippen LogP contribution in [0.2, 0.25) is 0 Å². The van der Waals surface area contributed by atoms with Crippen LogP contribution < -0.4 is 10.6 Å². The molecule has 2 fully saturated rings. The molecule has 0 amide bonds. The maximum atomic E-state index is 4.00. The number of rotatable bonds is 6. The highest BCUT2D eigenvalue weighted by atomic mass is 31.1. The molecule has 2 heterocycles. The topological polar surface area (TPSA) is 24.1 Å². The smallest absolute Gasteiger partial charge is 0.0405 e. The number of hydrogen-bond acceptors (Lipinski definition) is 2. The van der Waals surface area contributed by atoms with Crippen molar-refractivity contribution in [3.63, 3.8) is 0 Å². The third-order valence-electron chi connectivity index (χ3n) is 8.41. The molecule has 198 valence electrons. The predicted molar refractivity (Wildman–Crippen MR) is 165 cm³/mol. The Bertz CT molecular complexity index is 945. The summed E-state index contributed by atoms with van der Waals surface area (Å²) in [6.07, 6.45) is 8.93. The van der Waals surface area contributed by atoms with Gasteiger partial charge < -0.3 is 10.6 Å². The Hall–Kier alpha value is -0.780. The molecule has 2 aliphatic heterocycles. The molecule has 2 aromatic carbocycles. The van der Waals surface area contributed by atoms with Gasteiger partial charge in [0.1, 0.15) is 0 Å². The predicted octanol–water partition coefficient (Wildman–Crippen LogP) is 8.29. The van der Waals surface area contributed by atoms with E-state index in [-0.39, 0.29) is 13.1 Å².